The van der Waals surface area contributed by atoms with Gasteiger partial charge in [-0.3, -0.25) is 0 Å². The molecule has 0 unspecified atom stereocenters. The van der Waals surface area contributed by atoms with E-state index >= 15 is 0 Å². The monoisotopic (exact) mass is 198 g/mol. The van der Waals surface area contributed by atoms with Crippen molar-refractivity contribution in [1.82, 2.24) is 0 Å². The van der Waals surface area contributed by atoms with Crippen molar-refractivity contribution in [2.75, 3.05) is 0 Å². The van der Waals surface area contributed by atoms with Gasteiger partial charge in [0.25, 0.3) is 0 Å². The number of alkyl halides is 5. The van der Waals surface area contributed by atoms with Gasteiger partial charge in [-0.1, -0.05) is 0 Å². The molecule has 0 rings (SSSR count). The summed E-state index contributed by atoms with van der Waals surface area (Å²) in [4.78, 5) is 0. The van der Waals surface area contributed by atoms with E-state index in [9.17, 15) is 30.7 Å². The molecule has 0 heterocycles. The van der Waals surface area contributed by atoms with Crippen LogP contribution in [0.2, 0.25) is 0 Å². The van der Waals surface area contributed by atoms with Crippen LogP contribution in [-0.2, 0) is 4.74 Å². The molecule has 0 radical (unpaired) electrons. The van der Waals surface area contributed by atoms with Crippen LogP contribution in [0.3, 0.4) is 0 Å². The van der Waals surface area contributed by atoms with Crippen molar-refractivity contribution < 1.29 is 35.5 Å². The van der Waals surface area contributed by atoms with E-state index in [0.29, 0.717) is 0 Å². The molecule has 0 atom stereocenters. The van der Waals surface area contributed by atoms with Crippen molar-refractivity contribution in [2.45, 2.75) is 12.3 Å². The average molecular weight is 198 g/mol. The quantitative estimate of drug-likeness (QED) is 0.489. The molecule has 8 heteroatoms. The van der Waals surface area contributed by atoms with Crippen LogP contribution < -0.4 is 0 Å². The fourth-order valence-corrected chi connectivity index (χ4v) is 0.185. The van der Waals surface area contributed by atoms with Crippen LogP contribution in [0.15, 0.2) is 12.3 Å². The normalized spacial score (nSPS) is 12.6. The Morgan fingerprint density at radius 3 is 1.67 bits per heavy atom. The van der Waals surface area contributed by atoms with Crippen molar-refractivity contribution >= 4 is 0 Å². The Morgan fingerprint density at radius 2 is 1.42 bits per heavy atom. The molecule has 12 heavy (non-hydrogen) atoms. The van der Waals surface area contributed by atoms with Gasteiger partial charge in [0.15, 0.2) is 6.26 Å². The lowest BCUT2D eigenvalue weighted by Gasteiger charge is -2.16. The first-order valence-electron chi connectivity index (χ1n) is 2.30. The van der Waals surface area contributed by atoms with Gasteiger partial charge in [0.05, 0.1) is 0 Å². The summed E-state index contributed by atoms with van der Waals surface area (Å²) in [5.41, 5.74) is 0. The van der Waals surface area contributed by atoms with E-state index in [1.54, 1.807) is 0 Å². The van der Waals surface area contributed by atoms with Gasteiger partial charge < -0.3 is 4.74 Å². The van der Waals surface area contributed by atoms with Gasteiger partial charge in [-0.25, -0.2) is 0 Å². The van der Waals surface area contributed by atoms with Crippen molar-refractivity contribution in [2.24, 2.45) is 0 Å². The third-order valence-corrected chi connectivity index (χ3v) is 0.626. The third-order valence-electron chi connectivity index (χ3n) is 0.626. The Balaban J connectivity index is 4.34. The van der Waals surface area contributed by atoms with Gasteiger partial charge in [0.1, 0.15) is 0 Å². The fourth-order valence-electron chi connectivity index (χ4n) is 0.185. The van der Waals surface area contributed by atoms with Crippen molar-refractivity contribution in [3.05, 3.63) is 12.3 Å². The second-order valence-electron chi connectivity index (χ2n) is 1.54. The van der Waals surface area contributed by atoms with Crippen LogP contribution in [0, 0.1) is 0 Å². The maximum atomic E-state index is 11.6. The summed E-state index contributed by atoms with van der Waals surface area (Å²) in [5, 5.41) is 0. The van der Waals surface area contributed by atoms with E-state index in [0.717, 1.165) is 0 Å². The second kappa shape index (κ2) is 3.20. The molecule has 0 aromatic carbocycles. The van der Waals surface area contributed by atoms with Crippen LogP contribution in [-0.4, -0.2) is 12.3 Å². The molecule has 0 aromatic rings. The van der Waals surface area contributed by atoms with Crippen LogP contribution in [0.4, 0.5) is 30.7 Å². The molecular formula is C4HF7O. The van der Waals surface area contributed by atoms with Gasteiger partial charge >= 0.3 is 18.4 Å². The number of rotatable bonds is 2. The van der Waals surface area contributed by atoms with E-state index < -0.39 is 24.6 Å². The highest BCUT2D eigenvalue weighted by Crippen LogP contribution is 2.36. The van der Waals surface area contributed by atoms with Gasteiger partial charge in [-0.2, -0.15) is 30.7 Å². The van der Waals surface area contributed by atoms with Crippen molar-refractivity contribution in [1.29, 1.82) is 0 Å². The molecule has 72 valence electrons. The SMILES string of the molecule is FC(F)=COC(F)(F)C(F)(F)F. The minimum absolute atomic E-state index is 0.965. The van der Waals surface area contributed by atoms with E-state index in [1.165, 1.54) is 0 Å². The largest absolute Gasteiger partial charge is 0.498 e. The molecule has 1 nitrogen and oxygen atoms in total. The summed E-state index contributed by atoms with van der Waals surface area (Å²) in [7, 11) is 0. The molecule has 0 amide bonds. The topological polar surface area (TPSA) is 9.23 Å². The van der Waals surface area contributed by atoms with Crippen LogP contribution in [0.25, 0.3) is 0 Å². The highest BCUT2D eigenvalue weighted by Gasteiger charge is 2.60. The number of halogens is 7. The van der Waals surface area contributed by atoms with Crippen LogP contribution >= 0.6 is 0 Å². The van der Waals surface area contributed by atoms with Gasteiger partial charge in [0, 0.05) is 0 Å². The summed E-state index contributed by atoms with van der Waals surface area (Å²) in [6.07, 6.45) is -15.3. The highest BCUT2D eigenvalue weighted by atomic mass is 19.4. The van der Waals surface area contributed by atoms with E-state index in [-0.39, 0.29) is 0 Å². The van der Waals surface area contributed by atoms with Gasteiger partial charge in [-0.05, 0) is 0 Å². The maximum Gasteiger partial charge on any atom is 0.498 e. The Labute approximate surface area is 61.4 Å². The average Bonchev–Trinajstić information content (AvgIpc) is 1.81. The molecule has 0 fully saturated rings. The number of hydrogen-bond acceptors (Lipinski definition) is 1. The summed E-state index contributed by atoms with van der Waals surface area (Å²) < 4.78 is 81.0. The minimum Gasteiger partial charge on any atom is -0.428 e. The first kappa shape index (κ1) is 11.0. The highest BCUT2D eigenvalue weighted by molar-refractivity contribution is 4.75. The zero-order valence-electron chi connectivity index (χ0n) is 5.13. The minimum atomic E-state index is -6.00. The zero-order valence-corrected chi connectivity index (χ0v) is 5.13. The summed E-state index contributed by atoms with van der Waals surface area (Å²) >= 11 is 0. The molecule has 0 bridgehead atoms. The molecule has 0 aliphatic rings. The first-order valence-corrected chi connectivity index (χ1v) is 2.30. The summed E-state index contributed by atoms with van der Waals surface area (Å²) in [6.45, 7) is 0. The molecule has 0 aliphatic heterocycles. The fraction of sp³-hybridized carbons (Fsp3) is 0.500. The van der Waals surface area contributed by atoms with E-state index in [2.05, 4.69) is 4.74 Å². The Bertz CT molecular complexity index is 176. The predicted octanol–water partition coefficient (Wildman–Crippen LogP) is 2.90. The van der Waals surface area contributed by atoms with Crippen molar-refractivity contribution in [3.8, 4) is 0 Å². The Kier molecular flexibility index (Phi) is 2.94. The summed E-state index contributed by atoms with van der Waals surface area (Å²) in [6, 6.07) is 0. The van der Waals surface area contributed by atoms with E-state index in [1.807, 2.05) is 0 Å². The standard InChI is InChI=1S/C4HF7O/c5-2(6)1-12-4(10,11)3(7,8)9/h1H. The molecule has 0 saturated heterocycles. The third kappa shape index (κ3) is 2.97. The lowest BCUT2D eigenvalue weighted by Crippen LogP contribution is -2.37. The molecule has 0 saturated carbocycles. The second-order valence-corrected chi connectivity index (χ2v) is 1.54. The first-order chi connectivity index (χ1) is 5.17. The molecule has 0 spiro atoms. The van der Waals surface area contributed by atoms with Crippen molar-refractivity contribution in [3.63, 3.8) is 0 Å². The maximum absolute atomic E-state index is 11.6. The van der Waals surface area contributed by atoms with Crippen LogP contribution in [0.1, 0.15) is 0 Å². The number of ether oxygens (including phenoxy) is 1. The van der Waals surface area contributed by atoms with Gasteiger partial charge in [0.2, 0.25) is 0 Å². The Hall–Kier alpha value is -0.950. The number of hydrogen-bond donors (Lipinski definition) is 0. The summed E-state index contributed by atoms with van der Waals surface area (Å²) in [5.74, 6) is 0. The van der Waals surface area contributed by atoms with Gasteiger partial charge in [-0.15, -0.1) is 0 Å². The molecular weight excluding hydrogens is 197 g/mol. The van der Waals surface area contributed by atoms with E-state index in [4.69, 9.17) is 0 Å². The zero-order chi connectivity index (χ0) is 9.99. The molecule has 0 N–H and O–H groups in total. The molecule has 0 aliphatic carbocycles. The predicted molar refractivity (Wildman–Crippen MR) is 22.4 cm³/mol. The smallest absolute Gasteiger partial charge is 0.428 e. The Morgan fingerprint density at radius 1 is 1.00 bits per heavy atom. The lowest BCUT2D eigenvalue weighted by molar-refractivity contribution is -0.375. The lowest BCUT2D eigenvalue weighted by atomic mass is 10.6. The molecule has 0 aromatic heterocycles. The van der Waals surface area contributed by atoms with Crippen LogP contribution in [0.5, 0.6) is 0 Å².